The van der Waals surface area contributed by atoms with Crippen molar-refractivity contribution in [3.05, 3.63) is 106 Å². The van der Waals surface area contributed by atoms with Gasteiger partial charge in [-0.3, -0.25) is 19.2 Å². The molecule has 3 N–H and O–H groups in total. The maximum Gasteiger partial charge on any atom is 0.317 e. The van der Waals surface area contributed by atoms with Crippen LogP contribution in [0.1, 0.15) is 72.9 Å². The first-order valence-electron chi connectivity index (χ1n) is 15.8. The third-order valence-electron chi connectivity index (χ3n) is 8.78. The number of hydrogen-bond acceptors (Lipinski definition) is 7. The number of aryl methyl sites for hydroxylation is 2. The van der Waals surface area contributed by atoms with Crippen LogP contribution in [0.4, 0.5) is 4.39 Å². The fourth-order valence-electron chi connectivity index (χ4n) is 6.31. The van der Waals surface area contributed by atoms with E-state index in [-0.39, 0.29) is 18.1 Å². The van der Waals surface area contributed by atoms with E-state index in [1.807, 2.05) is 48.5 Å². The molecule has 0 radical (unpaired) electrons. The van der Waals surface area contributed by atoms with E-state index in [1.165, 1.54) is 25.3 Å². The van der Waals surface area contributed by atoms with Crippen LogP contribution in [0.15, 0.2) is 72.8 Å². The van der Waals surface area contributed by atoms with Gasteiger partial charge in [-0.25, -0.2) is 12.8 Å². The fraction of sp³-hybridized carbons (Fsp3) is 0.389. The quantitative estimate of drug-likeness (QED) is 0.101. The standard InChI is InChI=1S/C36H40FNO9S/c1-23(39)47-32(26-12-18-29(37)19-13-26)21-20-31-33(40)38-36(31,28-16-10-25(11-17-28)6-4-22-48(2,45)46)27-14-8-24(9-15-27)5-3-7-30(34(41)42)35(43)44/h8-19,30-32H,3-7,20-22H2,1-2H3,(H,38,40)(H,41,42)(H,43,44)/t31-,32-,36-/m0/s1. The highest BCUT2D eigenvalue weighted by Gasteiger charge is 2.55. The van der Waals surface area contributed by atoms with Crippen molar-refractivity contribution >= 4 is 33.7 Å². The van der Waals surface area contributed by atoms with Crippen LogP contribution in [0.25, 0.3) is 0 Å². The monoisotopic (exact) mass is 681 g/mol. The van der Waals surface area contributed by atoms with Crippen molar-refractivity contribution in [2.75, 3.05) is 12.0 Å². The van der Waals surface area contributed by atoms with E-state index in [2.05, 4.69) is 5.32 Å². The number of nitrogens with one attached hydrogen (secondary N) is 1. The van der Waals surface area contributed by atoms with Crippen molar-refractivity contribution in [1.29, 1.82) is 0 Å². The Labute approximate surface area is 279 Å². The summed E-state index contributed by atoms with van der Waals surface area (Å²) in [5, 5.41) is 21.5. The first kappa shape index (κ1) is 36.3. The van der Waals surface area contributed by atoms with Gasteiger partial charge in [-0.05, 0) is 84.9 Å². The molecule has 3 atom stereocenters. The Morgan fingerprint density at radius 3 is 1.83 bits per heavy atom. The fourth-order valence-corrected chi connectivity index (χ4v) is 6.98. The van der Waals surface area contributed by atoms with Crippen LogP contribution in [-0.4, -0.2) is 54.5 Å². The number of carbonyl (C=O) groups excluding carboxylic acids is 2. The zero-order valence-corrected chi connectivity index (χ0v) is 27.7. The van der Waals surface area contributed by atoms with Gasteiger partial charge in [-0.2, -0.15) is 0 Å². The Kier molecular flexibility index (Phi) is 11.7. The van der Waals surface area contributed by atoms with Crippen molar-refractivity contribution in [2.24, 2.45) is 11.8 Å². The summed E-state index contributed by atoms with van der Waals surface area (Å²) >= 11 is 0. The van der Waals surface area contributed by atoms with Gasteiger partial charge in [0.1, 0.15) is 27.3 Å². The largest absolute Gasteiger partial charge is 0.481 e. The van der Waals surface area contributed by atoms with Crippen molar-refractivity contribution < 1.29 is 46.9 Å². The van der Waals surface area contributed by atoms with Crippen LogP contribution < -0.4 is 5.32 Å². The molecule has 0 aliphatic carbocycles. The zero-order chi connectivity index (χ0) is 35.1. The highest BCUT2D eigenvalue weighted by molar-refractivity contribution is 7.90. The van der Waals surface area contributed by atoms with E-state index >= 15 is 0 Å². The van der Waals surface area contributed by atoms with Gasteiger partial charge in [0.2, 0.25) is 5.91 Å². The first-order chi connectivity index (χ1) is 22.7. The third-order valence-corrected chi connectivity index (χ3v) is 9.81. The second-order valence-electron chi connectivity index (χ2n) is 12.3. The highest BCUT2D eigenvalue weighted by atomic mass is 32.2. The smallest absolute Gasteiger partial charge is 0.317 e. The third kappa shape index (κ3) is 9.06. The number of sulfone groups is 1. The maximum atomic E-state index is 13.6. The van der Waals surface area contributed by atoms with E-state index in [0.29, 0.717) is 44.1 Å². The topological polar surface area (TPSA) is 164 Å². The van der Waals surface area contributed by atoms with Crippen LogP contribution in [0.3, 0.4) is 0 Å². The Bertz CT molecular complexity index is 1710. The molecule has 10 nitrogen and oxygen atoms in total. The molecule has 1 aliphatic rings. The Hall–Kier alpha value is -4.58. The summed E-state index contributed by atoms with van der Waals surface area (Å²) in [7, 11) is -3.08. The van der Waals surface area contributed by atoms with E-state index < -0.39 is 57.0 Å². The van der Waals surface area contributed by atoms with E-state index in [4.69, 9.17) is 14.9 Å². The van der Waals surface area contributed by atoms with Gasteiger partial charge >= 0.3 is 17.9 Å². The number of benzene rings is 3. The molecular weight excluding hydrogens is 641 g/mol. The molecule has 3 aromatic carbocycles. The number of hydrogen-bond donors (Lipinski definition) is 3. The van der Waals surface area contributed by atoms with Crippen molar-refractivity contribution in [1.82, 2.24) is 5.32 Å². The number of carboxylic acid groups (broad SMARTS) is 2. The minimum Gasteiger partial charge on any atom is -0.481 e. The number of carboxylic acids is 2. The van der Waals surface area contributed by atoms with Gasteiger partial charge in [0, 0.05) is 13.2 Å². The molecule has 0 bridgehead atoms. The summed E-state index contributed by atoms with van der Waals surface area (Å²) in [6, 6.07) is 20.8. The molecular formula is C36H40FNO9S. The first-order valence-corrected chi connectivity index (χ1v) is 17.8. The molecule has 0 unspecified atom stereocenters. The number of amides is 1. The summed E-state index contributed by atoms with van der Waals surface area (Å²) in [5.74, 6) is -5.83. The summed E-state index contributed by atoms with van der Waals surface area (Å²) in [4.78, 5) is 47.7. The lowest BCUT2D eigenvalue weighted by molar-refractivity contribution is -0.155. The lowest BCUT2D eigenvalue weighted by atomic mass is 9.64. The molecule has 256 valence electrons. The molecule has 1 aliphatic heterocycles. The summed E-state index contributed by atoms with van der Waals surface area (Å²) in [6.07, 6.45) is 2.97. The van der Waals surface area contributed by atoms with Gasteiger partial charge in [0.25, 0.3) is 0 Å². The zero-order valence-electron chi connectivity index (χ0n) is 26.9. The molecule has 0 spiro atoms. The average Bonchev–Trinajstić information content (AvgIpc) is 3.01. The molecule has 1 heterocycles. The molecule has 3 aromatic rings. The van der Waals surface area contributed by atoms with Crippen LogP contribution >= 0.6 is 0 Å². The molecule has 0 saturated carbocycles. The van der Waals surface area contributed by atoms with Gasteiger partial charge in [-0.15, -0.1) is 0 Å². The number of carbonyl (C=O) groups is 4. The minimum atomic E-state index is -3.08. The van der Waals surface area contributed by atoms with Crippen LogP contribution in [0.5, 0.6) is 0 Å². The summed E-state index contributed by atoms with van der Waals surface area (Å²) in [5.41, 5.74) is 3.08. The van der Waals surface area contributed by atoms with Crippen LogP contribution in [-0.2, 0) is 52.1 Å². The second-order valence-corrected chi connectivity index (χ2v) is 14.6. The van der Waals surface area contributed by atoms with Crippen LogP contribution in [0, 0.1) is 17.7 Å². The van der Waals surface area contributed by atoms with Gasteiger partial charge in [0.15, 0.2) is 5.92 Å². The minimum absolute atomic E-state index is 0.0113. The van der Waals surface area contributed by atoms with E-state index in [0.717, 1.165) is 22.3 Å². The SMILES string of the molecule is CC(=O)O[C@@H](CC[C@H]1C(=O)N[C@@]1(c1ccc(CCCC(C(=O)O)C(=O)O)cc1)c1ccc(CCCS(C)(=O)=O)cc1)c1ccc(F)cc1. The summed E-state index contributed by atoms with van der Waals surface area (Å²) in [6.45, 7) is 1.29. The molecule has 1 fully saturated rings. The van der Waals surface area contributed by atoms with E-state index in [1.54, 1.807) is 12.1 Å². The second kappa shape index (κ2) is 15.5. The van der Waals surface area contributed by atoms with Crippen molar-refractivity contribution in [3.8, 4) is 0 Å². The lowest BCUT2D eigenvalue weighted by Gasteiger charge is -2.50. The number of rotatable bonds is 17. The number of β-lactam (4-membered cyclic amide) rings is 1. The molecule has 4 rings (SSSR count). The maximum absolute atomic E-state index is 13.6. The lowest BCUT2D eigenvalue weighted by Crippen LogP contribution is -2.67. The number of aliphatic carboxylic acids is 2. The van der Waals surface area contributed by atoms with Crippen molar-refractivity contribution in [3.63, 3.8) is 0 Å². The number of halogens is 1. The Balaban J connectivity index is 1.61. The highest BCUT2D eigenvalue weighted by Crippen LogP contribution is 2.47. The molecule has 12 heteroatoms. The molecule has 1 saturated heterocycles. The van der Waals surface area contributed by atoms with Crippen LogP contribution in [0.2, 0.25) is 0 Å². The van der Waals surface area contributed by atoms with Gasteiger partial charge < -0.3 is 20.3 Å². The Morgan fingerprint density at radius 1 is 0.854 bits per heavy atom. The molecule has 1 amide bonds. The normalized spacial score (nSPS) is 18.1. The Morgan fingerprint density at radius 2 is 1.38 bits per heavy atom. The molecule has 48 heavy (non-hydrogen) atoms. The predicted octanol–water partition coefficient (Wildman–Crippen LogP) is 4.99. The average molecular weight is 682 g/mol. The molecule has 0 aromatic heterocycles. The van der Waals surface area contributed by atoms with Gasteiger partial charge in [-0.1, -0.05) is 60.7 Å². The predicted molar refractivity (Wildman–Crippen MR) is 175 cm³/mol. The van der Waals surface area contributed by atoms with Crippen molar-refractivity contribution in [2.45, 2.75) is 63.5 Å². The number of ether oxygens (including phenoxy) is 1. The van der Waals surface area contributed by atoms with Gasteiger partial charge in [0.05, 0.1) is 11.7 Å². The number of esters is 1. The van der Waals surface area contributed by atoms with E-state index in [9.17, 15) is 32.0 Å². The summed E-state index contributed by atoms with van der Waals surface area (Å²) < 4.78 is 42.4.